The molecule has 0 saturated carbocycles. The Bertz CT molecular complexity index is 858. The number of benzene rings is 1. The molecule has 0 aliphatic carbocycles. The van der Waals surface area contributed by atoms with Gasteiger partial charge in [0.2, 0.25) is 0 Å². The number of carbonyl (C=O) groups is 2. The number of aliphatic hydroxyl groups is 1. The van der Waals surface area contributed by atoms with Crippen LogP contribution in [0.3, 0.4) is 0 Å². The van der Waals surface area contributed by atoms with E-state index in [1.807, 2.05) is 0 Å². The average molecular weight is 390 g/mol. The fourth-order valence-corrected chi connectivity index (χ4v) is 3.11. The molecule has 9 nitrogen and oxygen atoms in total. The van der Waals surface area contributed by atoms with Gasteiger partial charge in [-0.05, 0) is 26.3 Å². The van der Waals surface area contributed by atoms with Gasteiger partial charge in [0.1, 0.15) is 6.61 Å². The Morgan fingerprint density at radius 2 is 1.79 bits per heavy atom. The van der Waals surface area contributed by atoms with Crippen molar-refractivity contribution in [2.75, 3.05) is 19.8 Å². The lowest BCUT2D eigenvalue weighted by Gasteiger charge is -2.30. The molecule has 0 bridgehead atoms. The molecule has 150 valence electrons. The van der Waals surface area contributed by atoms with Gasteiger partial charge in [0.05, 0.1) is 35.2 Å². The van der Waals surface area contributed by atoms with Crippen molar-refractivity contribution in [1.82, 2.24) is 5.32 Å². The van der Waals surface area contributed by atoms with E-state index in [1.165, 1.54) is 18.2 Å². The number of ether oxygens (including phenoxy) is 2. The van der Waals surface area contributed by atoms with Crippen molar-refractivity contribution in [3.63, 3.8) is 0 Å². The zero-order valence-corrected chi connectivity index (χ0v) is 15.9. The van der Waals surface area contributed by atoms with Gasteiger partial charge < -0.3 is 19.9 Å². The monoisotopic (exact) mass is 390 g/mol. The third kappa shape index (κ3) is 4.37. The molecule has 1 aliphatic heterocycles. The quantitative estimate of drug-likeness (QED) is 0.411. The van der Waals surface area contributed by atoms with Gasteiger partial charge in [-0.3, -0.25) is 10.1 Å². The lowest BCUT2D eigenvalue weighted by Crippen LogP contribution is -2.32. The summed E-state index contributed by atoms with van der Waals surface area (Å²) in [5.74, 6) is -2.28. The van der Waals surface area contributed by atoms with E-state index < -0.39 is 22.8 Å². The maximum atomic E-state index is 12.7. The van der Waals surface area contributed by atoms with E-state index in [-0.39, 0.29) is 36.7 Å². The van der Waals surface area contributed by atoms with Crippen molar-refractivity contribution in [2.24, 2.45) is 0 Å². The minimum atomic E-state index is -0.911. The predicted octanol–water partition coefficient (Wildman–Crippen LogP) is 1.93. The van der Waals surface area contributed by atoms with E-state index in [2.05, 4.69) is 5.32 Å². The molecule has 0 aromatic heterocycles. The second-order valence-corrected chi connectivity index (χ2v) is 6.07. The number of esters is 2. The summed E-state index contributed by atoms with van der Waals surface area (Å²) in [6.45, 7) is 4.52. The highest BCUT2D eigenvalue weighted by atomic mass is 16.6. The Hall–Kier alpha value is -3.20. The van der Waals surface area contributed by atoms with Crippen molar-refractivity contribution >= 4 is 17.6 Å². The first-order valence-electron chi connectivity index (χ1n) is 8.69. The number of nitro benzene ring substituents is 1. The lowest BCUT2D eigenvalue weighted by atomic mass is 9.80. The summed E-state index contributed by atoms with van der Waals surface area (Å²) in [5.41, 5.74) is 1.44. The number of non-ortho nitro benzene ring substituents is 1. The molecule has 1 unspecified atom stereocenters. The Balaban J connectivity index is 2.65. The van der Waals surface area contributed by atoms with Gasteiger partial charge in [0.15, 0.2) is 0 Å². The fourth-order valence-electron chi connectivity index (χ4n) is 3.11. The molecule has 2 N–H and O–H groups in total. The number of rotatable bonds is 7. The summed E-state index contributed by atoms with van der Waals surface area (Å²) in [6, 6.07) is 5.72. The lowest BCUT2D eigenvalue weighted by molar-refractivity contribution is -0.384. The molecular weight excluding hydrogens is 368 g/mol. The molecule has 0 amide bonds. The van der Waals surface area contributed by atoms with Crippen LogP contribution in [0.5, 0.6) is 0 Å². The van der Waals surface area contributed by atoms with E-state index in [0.29, 0.717) is 17.0 Å². The summed E-state index contributed by atoms with van der Waals surface area (Å²) in [6.07, 6.45) is 0. The molecule has 9 heteroatoms. The van der Waals surface area contributed by atoms with Gasteiger partial charge in [0, 0.05) is 23.5 Å². The highest BCUT2D eigenvalue weighted by Crippen LogP contribution is 2.40. The van der Waals surface area contributed by atoms with Gasteiger partial charge in [-0.25, -0.2) is 9.59 Å². The maximum Gasteiger partial charge on any atom is 0.336 e. The van der Waals surface area contributed by atoms with Gasteiger partial charge in [-0.15, -0.1) is 0 Å². The van der Waals surface area contributed by atoms with Crippen molar-refractivity contribution < 1.29 is 29.1 Å². The first-order valence-corrected chi connectivity index (χ1v) is 8.69. The van der Waals surface area contributed by atoms with Crippen LogP contribution < -0.4 is 5.32 Å². The predicted molar refractivity (Wildman–Crippen MR) is 99.1 cm³/mol. The normalized spacial score (nSPS) is 16.5. The molecule has 1 aromatic rings. The Morgan fingerprint density at radius 1 is 1.18 bits per heavy atom. The van der Waals surface area contributed by atoms with E-state index >= 15 is 0 Å². The second-order valence-electron chi connectivity index (χ2n) is 6.07. The minimum Gasteiger partial charge on any atom is -0.463 e. The number of nitrogens with one attached hydrogen (secondary N) is 1. The third-order valence-corrected chi connectivity index (χ3v) is 4.21. The SMILES string of the molecule is CCOC(=O)C1=C(C)NC(C)=C(C(=O)OCCO)C1c1cccc([N+](=O)[O-])c1. The zero-order valence-electron chi connectivity index (χ0n) is 15.9. The maximum absolute atomic E-state index is 12.7. The van der Waals surface area contributed by atoms with Gasteiger partial charge in [-0.1, -0.05) is 12.1 Å². The number of hydrogen-bond donors (Lipinski definition) is 2. The van der Waals surface area contributed by atoms with E-state index in [4.69, 9.17) is 14.6 Å². The average Bonchev–Trinajstić information content (AvgIpc) is 2.65. The summed E-state index contributed by atoms with van der Waals surface area (Å²) in [5, 5.41) is 23.1. The highest BCUT2D eigenvalue weighted by Gasteiger charge is 2.38. The third-order valence-electron chi connectivity index (χ3n) is 4.21. The molecule has 0 fully saturated rings. The van der Waals surface area contributed by atoms with Crippen LogP contribution in [0, 0.1) is 10.1 Å². The van der Waals surface area contributed by atoms with Crippen LogP contribution in [0.15, 0.2) is 46.8 Å². The van der Waals surface area contributed by atoms with Gasteiger partial charge >= 0.3 is 11.9 Å². The molecule has 1 aliphatic rings. The minimum absolute atomic E-state index is 0.127. The van der Waals surface area contributed by atoms with Crippen LogP contribution in [-0.4, -0.2) is 41.8 Å². The molecular formula is C19H22N2O7. The van der Waals surface area contributed by atoms with Crippen molar-refractivity contribution in [3.05, 3.63) is 62.5 Å². The Morgan fingerprint density at radius 3 is 2.32 bits per heavy atom. The summed E-state index contributed by atoms with van der Waals surface area (Å²) in [4.78, 5) is 35.9. The van der Waals surface area contributed by atoms with Gasteiger partial charge in [-0.2, -0.15) is 0 Å². The molecule has 1 atom stereocenters. The van der Waals surface area contributed by atoms with Crippen LogP contribution in [0.1, 0.15) is 32.3 Å². The van der Waals surface area contributed by atoms with Crippen molar-refractivity contribution in [2.45, 2.75) is 26.7 Å². The smallest absolute Gasteiger partial charge is 0.336 e. The molecule has 28 heavy (non-hydrogen) atoms. The number of carbonyl (C=O) groups excluding carboxylic acids is 2. The summed E-state index contributed by atoms with van der Waals surface area (Å²) < 4.78 is 10.2. The molecule has 2 rings (SSSR count). The number of hydrogen-bond acceptors (Lipinski definition) is 8. The van der Waals surface area contributed by atoms with E-state index in [9.17, 15) is 19.7 Å². The molecule has 0 radical (unpaired) electrons. The zero-order chi connectivity index (χ0) is 20.8. The Labute approximate surface area is 161 Å². The van der Waals surface area contributed by atoms with Crippen molar-refractivity contribution in [1.29, 1.82) is 0 Å². The Kier molecular flexibility index (Phi) is 6.89. The number of dihydropyridines is 1. The van der Waals surface area contributed by atoms with E-state index in [0.717, 1.165) is 0 Å². The van der Waals surface area contributed by atoms with Gasteiger partial charge in [0.25, 0.3) is 5.69 Å². The van der Waals surface area contributed by atoms with E-state index in [1.54, 1.807) is 26.8 Å². The van der Waals surface area contributed by atoms with Crippen LogP contribution in [0.2, 0.25) is 0 Å². The number of nitrogens with zero attached hydrogens (tertiary/aromatic N) is 1. The van der Waals surface area contributed by atoms with Crippen LogP contribution in [0.25, 0.3) is 0 Å². The second kappa shape index (κ2) is 9.14. The van der Waals surface area contributed by atoms with Crippen molar-refractivity contribution in [3.8, 4) is 0 Å². The fraction of sp³-hybridized carbons (Fsp3) is 0.368. The molecule has 1 heterocycles. The van der Waals surface area contributed by atoms with Crippen LogP contribution in [-0.2, 0) is 19.1 Å². The largest absolute Gasteiger partial charge is 0.463 e. The highest BCUT2D eigenvalue weighted by molar-refractivity contribution is 5.99. The number of aliphatic hydroxyl groups excluding tert-OH is 1. The molecule has 1 aromatic carbocycles. The standard InChI is InChI=1S/C19H22N2O7/c1-4-27-18(23)15-11(2)20-12(3)16(19(24)28-9-8-22)17(15)13-6-5-7-14(10-13)21(25)26/h5-7,10,17,20,22H,4,8-9H2,1-3H3. The molecule has 0 spiro atoms. The van der Waals surface area contributed by atoms with Crippen LogP contribution in [0.4, 0.5) is 5.69 Å². The summed E-state index contributed by atoms with van der Waals surface area (Å²) in [7, 11) is 0. The first kappa shape index (κ1) is 21.1. The summed E-state index contributed by atoms with van der Waals surface area (Å²) >= 11 is 0. The van der Waals surface area contributed by atoms with Crippen LogP contribution >= 0.6 is 0 Å². The molecule has 0 saturated heterocycles. The number of allylic oxidation sites excluding steroid dienone is 2. The first-order chi connectivity index (χ1) is 13.3. The topological polar surface area (TPSA) is 128 Å². The number of nitro groups is 1.